The Balaban J connectivity index is 1.71. The minimum Gasteiger partial charge on any atom is -0.377 e. The van der Waals surface area contributed by atoms with Gasteiger partial charge in [0.15, 0.2) is 5.16 Å². The van der Waals surface area contributed by atoms with Crippen LogP contribution in [0, 0.1) is 0 Å². The molecule has 2 heterocycles. The van der Waals surface area contributed by atoms with Gasteiger partial charge in [0.1, 0.15) is 0 Å². The van der Waals surface area contributed by atoms with Crippen molar-refractivity contribution in [2.24, 2.45) is 0 Å². The third-order valence-corrected chi connectivity index (χ3v) is 6.51. The van der Waals surface area contributed by atoms with E-state index in [9.17, 15) is 4.79 Å². The molecular weight excluding hydrogens is 356 g/mol. The fourth-order valence-electron chi connectivity index (χ4n) is 3.84. The van der Waals surface area contributed by atoms with E-state index in [4.69, 9.17) is 21.3 Å². The molecule has 0 bridgehead atoms. The van der Waals surface area contributed by atoms with Crippen LogP contribution in [-0.2, 0) is 4.74 Å². The second kappa shape index (κ2) is 7.68. The minimum atomic E-state index is 0.0700. The molecule has 1 aromatic heterocycles. The Morgan fingerprint density at radius 1 is 1.20 bits per heavy atom. The molecular formula is C19H23ClN2O2S. The molecule has 1 aliphatic heterocycles. The molecule has 2 fully saturated rings. The number of hydrogen-bond acceptors (Lipinski definition) is 4. The maximum absolute atomic E-state index is 13.1. The number of ether oxygens (including phenoxy) is 1. The molecule has 1 saturated heterocycles. The summed E-state index contributed by atoms with van der Waals surface area (Å²) in [7, 11) is 0. The Morgan fingerprint density at radius 3 is 2.76 bits per heavy atom. The largest absolute Gasteiger partial charge is 0.377 e. The van der Waals surface area contributed by atoms with E-state index < -0.39 is 0 Å². The zero-order valence-electron chi connectivity index (χ0n) is 14.2. The molecule has 0 radical (unpaired) electrons. The van der Waals surface area contributed by atoms with Gasteiger partial charge in [0.05, 0.1) is 17.0 Å². The highest BCUT2D eigenvalue weighted by atomic mass is 35.5. The Labute approximate surface area is 156 Å². The van der Waals surface area contributed by atoms with Crippen molar-refractivity contribution >= 4 is 34.3 Å². The van der Waals surface area contributed by atoms with Crippen LogP contribution < -0.4 is 5.56 Å². The van der Waals surface area contributed by atoms with Crippen LogP contribution in [0.1, 0.15) is 51.0 Å². The minimum absolute atomic E-state index is 0.0700. The normalized spacial score (nSPS) is 21.9. The summed E-state index contributed by atoms with van der Waals surface area (Å²) in [5, 5.41) is 2.10. The molecule has 4 nitrogen and oxygen atoms in total. The second-order valence-corrected chi connectivity index (χ2v) is 8.39. The van der Waals surface area contributed by atoms with E-state index >= 15 is 0 Å². The van der Waals surface area contributed by atoms with Crippen molar-refractivity contribution in [3.05, 3.63) is 33.6 Å². The van der Waals surface area contributed by atoms with Gasteiger partial charge in [-0.05, 0) is 50.3 Å². The molecule has 0 N–H and O–H groups in total. The second-order valence-electron chi connectivity index (χ2n) is 6.97. The van der Waals surface area contributed by atoms with E-state index in [1.807, 2.05) is 4.57 Å². The zero-order valence-corrected chi connectivity index (χ0v) is 15.8. The lowest BCUT2D eigenvalue weighted by molar-refractivity contribution is 0.0315. The first kappa shape index (κ1) is 17.4. The summed E-state index contributed by atoms with van der Waals surface area (Å²) >= 11 is 7.77. The van der Waals surface area contributed by atoms with Crippen molar-refractivity contribution in [2.45, 2.75) is 62.2 Å². The number of thioether (sulfide) groups is 1. The number of aromatic nitrogens is 2. The van der Waals surface area contributed by atoms with Gasteiger partial charge in [0, 0.05) is 23.4 Å². The number of benzene rings is 1. The molecule has 1 aromatic carbocycles. The Kier molecular flexibility index (Phi) is 5.34. The van der Waals surface area contributed by atoms with Crippen LogP contribution >= 0.6 is 23.4 Å². The molecule has 2 aromatic rings. The van der Waals surface area contributed by atoms with Crippen LogP contribution in [0.4, 0.5) is 0 Å². The molecule has 1 atom stereocenters. The first-order valence-electron chi connectivity index (χ1n) is 9.18. The van der Waals surface area contributed by atoms with Gasteiger partial charge in [0.2, 0.25) is 0 Å². The Morgan fingerprint density at radius 2 is 2.00 bits per heavy atom. The SMILES string of the molecule is O=c1c2ccc(Cl)cc2nc(SC[C@@H]2CCCCO2)n1C1CCCC1. The maximum Gasteiger partial charge on any atom is 0.262 e. The van der Waals surface area contributed by atoms with Crippen molar-refractivity contribution in [2.75, 3.05) is 12.4 Å². The average Bonchev–Trinajstić information content (AvgIpc) is 3.14. The van der Waals surface area contributed by atoms with Crippen molar-refractivity contribution in [3.8, 4) is 0 Å². The molecule has 25 heavy (non-hydrogen) atoms. The van der Waals surface area contributed by atoms with Crippen LogP contribution in [0.25, 0.3) is 10.9 Å². The number of nitrogens with zero attached hydrogens (tertiary/aromatic N) is 2. The van der Waals surface area contributed by atoms with E-state index in [-0.39, 0.29) is 17.7 Å². The number of halogens is 1. The molecule has 1 aliphatic carbocycles. The molecule has 0 spiro atoms. The first-order chi connectivity index (χ1) is 12.2. The summed E-state index contributed by atoms with van der Waals surface area (Å²) in [5.74, 6) is 0.852. The predicted molar refractivity (Wildman–Crippen MR) is 103 cm³/mol. The summed E-state index contributed by atoms with van der Waals surface area (Å²) in [6, 6.07) is 5.64. The highest BCUT2D eigenvalue weighted by Gasteiger charge is 2.24. The van der Waals surface area contributed by atoms with Gasteiger partial charge < -0.3 is 4.74 Å². The molecule has 0 amide bonds. The summed E-state index contributed by atoms with van der Waals surface area (Å²) in [6.07, 6.45) is 8.24. The van der Waals surface area contributed by atoms with E-state index in [0.717, 1.165) is 43.2 Å². The monoisotopic (exact) mass is 378 g/mol. The van der Waals surface area contributed by atoms with Crippen molar-refractivity contribution in [1.29, 1.82) is 0 Å². The highest BCUT2D eigenvalue weighted by Crippen LogP contribution is 2.33. The van der Waals surface area contributed by atoms with Gasteiger partial charge in [-0.3, -0.25) is 9.36 Å². The van der Waals surface area contributed by atoms with E-state index in [1.54, 1.807) is 30.0 Å². The average molecular weight is 379 g/mol. The lowest BCUT2D eigenvalue weighted by Crippen LogP contribution is -2.27. The van der Waals surface area contributed by atoms with E-state index in [1.165, 1.54) is 19.3 Å². The van der Waals surface area contributed by atoms with Crippen LogP contribution in [0.15, 0.2) is 28.2 Å². The van der Waals surface area contributed by atoms with Gasteiger partial charge in [-0.1, -0.05) is 36.2 Å². The summed E-state index contributed by atoms with van der Waals surface area (Å²) in [4.78, 5) is 17.9. The third kappa shape index (κ3) is 3.74. The van der Waals surface area contributed by atoms with Crippen molar-refractivity contribution in [1.82, 2.24) is 9.55 Å². The molecule has 1 saturated carbocycles. The van der Waals surface area contributed by atoms with Crippen molar-refractivity contribution in [3.63, 3.8) is 0 Å². The Bertz CT molecular complexity index is 811. The van der Waals surface area contributed by atoms with Crippen LogP contribution in [-0.4, -0.2) is 28.0 Å². The molecule has 134 valence electrons. The van der Waals surface area contributed by atoms with Crippen molar-refractivity contribution < 1.29 is 4.74 Å². The molecule has 2 aliphatic rings. The smallest absolute Gasteiger partial charge is 0.262 e. The van der Waals surface area contributed by atoms with Gasteiger partial charge in [0.25, 0.3) is 5.56 Å². The highest BCUT2D eigenvalue weighted by molar-refractivity contribution is 7.99. The third-order valence-electron chi connectivity index (χ3n) is 5.19. The van der Waals surface area contributed by atoms with Gasteiger partial charge in [-0.25, -0.2) is 4.98 Å². The van der Waals surface area contributed by atoms with Gasteiger partial charge in [-0.15, -0.1) is 0 Å². The Hall–Kier alpha value is -1.04. The summed E-state index contributed by atoms with van der Waals surface area (Å²) < 4.78 is 7.79. The zero-order chi connectivity index (χ0) is 17.2. The fourth-order valence-corrected chi connectivity index (χ4v) is 5.14. The standard InChI is InChI=1S/C19H23ClN2O2S/c20-13-8-9-16-17(11-13)21-19(25-12-15-7-3-4-10-24-15)22(18(16)23)14-5-1-2-6-14/h8-9,11,14-15H,1-7,10,12H2/t15-/m0/s1. The van der Waals surface area contributed by atoms with Crippen LogP contribution in [0.2, 0.25) is 5.02 Å². The van der Waals surface area contributed by atoms with Gasteiger partial charge in [-0.2, -0.15) is 0 Å². The molecule has 6 heteroatoms. The maximum atomic E-state index is 13.1. The number of hydrogen-bond donors (Lipinski definition) is 0. The number of rotatable bonds is 4. The molecule has 4 rings (SSSR count). The van der Waals surface area contributed by atoms with E-state index in [0.29, 0.717) is 15.9 Å². The fraction of sp³-hybridized carbons (Fsp3) is 0.579. The summed E-state index contributed by atoms with van der Waals surface area (Å²) in [5.41, 5.74) is 0.763. The lowest BCUT2D eigenvalue weighted by Gasteiger charge is -2.23. The molecule has 0 unspecified atom stereocenters. The topological polar surface area (TPSA) is 44.1 Å². The van der Waals surface area contributed by atoms with E-state index in [2.05, 4.69) is 0 Å². The van der Waals surface area contributed by atoms with Crippen LogP contribution in [0.3, 0.4) is 0 Å². The predicted octanol–water partition coefficient (Wildman–Crippen LogP) is 4.83. The lowest BCUT2D eigenvalue weighted by atomic mass is 10.1. The number of fused-ring (bicyclic) bond motifs is 1. The first-order valence-corrected chi connectivity index (χ1v) is 10.5. The van der Waals surface area contributed by atoms with Gasteiger partial charge >= 0.3 is 0 Å². The summed E-state index contributed by atoms with van der Waals surface area (Å²) in [6.45, 7) is 0.849. The quantitative estimate of drug-likeness (QED) is 0.564. The van der Waals surface area contributed by atoms with Crippen LogP contribution in [0.5, 0.6) is 0 Å².